The number of esters is 1. The van der Waals surface area contributed by atoms with Gasteiger partial charge in [0.05, 0.1) is 19.8 Å². The second kappa shape index (κ2) is 8.52. The molecule has 0 aliphatic carbocycles. The summed E-state index contributed by atoms with van der Waals surface area (Å²) >= 11 is 0. The highest BCUT2D eigenvalue weighted by molar-refractivity contribution is 5.79. The first-order chi connectivity index (χ1) is 12.3. The second-order valence-corrected chi connectivity index (χ2v) is 6.35. The number of benzene rings is 2. The molecule has 0 aromatic heterocycles. The van der Waals surface area contributed by atoms with E-state index in [9.17, 15) is 4.79 Å². The summed E-state index contributed by atoms with van der Waals surface area (Å²) in [6.07, 6.45) is 7.12. The molecule has 0 bridgehead atoms. The minimum Gasteiger partial charge on any atom is -0.496 e. The third-order valence-electron chi connectivity index (χ3n) is 4.59. The van der Waals surface area contributed by atoms with E-state index >= 15 is 0 Å². The lowest BCUT2D eigenvalue weighted by molar-refractivity contribution is -0.138. The maximum Gasteiger partial charge on any atom is 0.310 e. The van der Waals surface area contributed by atoms with Crippen molar-refractivity contribution in [2.45, 2.75) is 38.5 Å². The largest absolute Gasteiger partial charge is 0.496 e. The molecular formula is C22H24O3. The fourth-order valence-electron chi connectivity index (χ4n) is 3.17. The number of carbonyl (C=O) groups excluding carboxylic acids is 1. The molecule has 0 amide bonds. The van der Waals surface area contributed by atoms with Crippen LogP contribution in [0.15, 0.2) is 54.8 Å². The number of hydrogen-bond donors (Lipinski definition) is 0. The molecule has 0 saturated heterocycles. The fourth-order valence-corrected chi connectivity index (χ4v) is 3.17. The number of cyclic esters (lactones) is 1. The van der Waals surface area contributed by atoms with Crippen molar-refractivity contribution in [3.8, 4) is 5.75 Å². The Labute approximate surface area is 149 Å². The van der Waals surface area contributed by atoms with Gasteiger partial charge in [0.1, 0.15) is 5.75 Å². The Bertz CT molecular complexity index is 747. The Balaban J connectivity index is 1.63. The molecule has 1 aliphatic rings. The van der Waals surface area contributed by atoms with E-state index in [-0.39, 0.29) is 5.97 Å². The van der Waals surface area contributed by atoms with Crippen LogP contribution in [0.25, 0.3) is 5.57 Å². The van der Waals surface area contributed by atoms with E-state index in [0.717, 1.165) is 49.0 Å². The SMILES string of the molecule is COc1ccc(C2=COC(=O)CC2)cc1CCCCc1ccccc1. The second-order valence-electron chi connectivity index (χ2n) is 6.35. The maximum atomic E-state index is 11.2. The van der Waals surface area contributed by atoms with E-state index in [1.165, 1.54) is 11.1 Å². The van der Waals surface area contributed by atoms with Gasteiger partial charge < -0.3 is 9.47 Å². The van der Waals surface area contributed by atoms with Crippen LogP contribution in [-0.4, -0.2) is 13.1 Å². The van der Waals surface area contributed by atoms with Crippen LogP contribution < -0.4 is 4.74 Å². The zero-order valence-electron chi connectivity index (χ0n) is 14.7. The summed E-state index contributed by atoms with van der Waals surface area (Å²) in [6.45, 7) is 0. The number of allylic oxidation sites excluding steroid dienone is 1. The molecule has 2 aromatic carbocycles. The number of ether oxygens (including phenoxy) is 2. The van der Waals surface area contributed by atoms with E-state index in [4.69, 9.17) is 9.47 Å². The molecule has 1 heterocycles. The first-order valence-electron chi connectivity index (χ1n) is 8.86. The van der Waals surface area contributed by atoms with Crippen molar-refractivity contribution in [3.63, 3.8) is 0 Å². The number of methoxy groups -OCH3 is 1. The van der Waals surface area contributed by atoms with Gasteiger partial charge in [-0.15, -0.1) is 0 Å². The van der Waals surface area contributed by atoms with Crippen LogP contribution in [0.1, 0.15) is 42.4 Å². The third kappa shape index (κ3) is 4.72. The van der Waals surface area contributed by atoms with Crippen LogP contribution in [0.5, 0.6) is 5.75 Å². The average molecular weight is 336 g/mol. The molecule has 0 fully saturated rings. The molecule has 1 aliphatic heterocycles. The van der Waals surface area contributed by atoms with Crippen molar-refractivity contribution < 1.29 is 14.3 Å². The highest BCUT2D eigenvalue weighted by atomic mass is 16.5. The molecule has 0 unspecified atom stereocenters. The number of aryl methyl sites for hydroxylation is 2. The predicted molar refractivity (Wildman–Crippen MR) is 99.4 cm³/mol. The zero-order chi connectivity index (χ0) is 17.5. The van der Waals surface area contributed by atoms with E-state index in [1.54, 1.807) is 13.4 Å². The Hall–Kier alpha value is -2.55. The fraction of sp³-hybridized carbons (Fsp3) is 0.318. The molecule has 0 atom stereocenters. The standard InChI is InChI=1S/C22H24O3/c1-24-21-13-11-18(20-12-14-22(23)25-16-20)15-19(21)10-6-5-9-17-7-3-2-4-8-17/h2-4,7-8,11,13,15-16H,5-6,9-10,12,14H2,1H3. The molecule has 0 radical (unpaired) electrons. The summed E-state index contributed by atoms with van der Waals surface area (Å²) < 4.78 is 10.6. The van der Waals surface area contributed by atoms with Gasteiger partial charge in [0.2, 0.25) is 0 Å². The van der Waals surface area contributed by atoms with E-state index < -0.39 is 0 Å². The summed E-state index contributed by atoms with van der Waals surface area (Å²) in [5, 5.41) is 0. The van der Waals surface area contributed by atoms with Crippen molar-refractivity contribution in [2.75, 3.05) is 7.11 Å². The molecule has 25 heavy (non-hydrogen) atoms. The molecule has 0 spiro atoms. The topological polar surface area (TPSA) is 35.5 Å². The van der Waals surface area contributed by atoms with Crippen LogP contribution in [-0.2, 0) is 22.4 Å². The third-order valence-corrected chi connectivity index (χ3v) is 4.59. The lowest BCUT2D eigenvalue weighted by Gasteiger charge is -2.15. The van der Waals surface area contributed by atoms with E-state index in [2.05, 4.69) is 36.4 Å². The Morgan fingerprint density at radius 3 is 2.52 bits per heavy atom. The van der Waals surface area contributed by atoms with Gasteiger partial charge in [-0.05, 0) is 66.5 Å². The van der Waals surface area contributed by atoms with Crippen molar-refractivity contribution >= 4 is 11.5 Å². The van der Waals surface area contributed by atoms with Gasteiger partial charge in [-0.1, -0.05) is 36.4 Å². The van der Waals surface area contributed by atoms with Gasteiger partial charge in [-0.2, -0.15) is 0 Å². The molecule has 0 saturated carbocycles. The van der Waals surface area contributed by atoms with E-state index in [1.807, 2.05) is 12.1 Å². The summed E-state index contributed by atoms with van der Waals surface area (Å²) in [7, 11) is 1.71. The molecule has 3 rings (SSSR count). The number of hydrogen-bond acceptors (Lipinski definition) is 3. The van der Waals surface area contributed by atoms with E-state index in [0.29, 0.717) is 6.42 Å². The van der Waals surface area contributed by atoms with Crippen molar-refractivity contribution in [2.24, 2.45) is 0 Å². The van der Waals surface area contributed by atoms with Gasteiger partial charge >= 0.3 is 5.97 Å². The van der Waals surface area contributed by atoms with Crippen LogP contribution in [0.2, 0.25) is 0 Å². The zero-order valence-corrected chi connectivity index (χ0v) is 14.7. The smallest absolute Gasteiger partial charge is 0.310 e. The molecular weight excluding hydrogens is 312 g/mol. The van der Waals surface area contributed by atoms with Crippen molar-refractivity contribution in [3.05, 3.63) is 71.5 Å². The van der Waals surface area contributed by atoms with Gasteiger partial charge in [-0.25, -0.2) is 0 Å². The average Bonchev–Trinajstić information content (AvgIpc) is 2.66. The van der Waals surface area contributed by atoms with Crippen LogP contribution in [0.4, 0.5) is 0 Å². The Morgan fingerprint density at radius 2 is 1.80 bits per heavy atom. The predicted octanol–water partition coefficient (Wildman–Crippen LogP) is 4.94. The monoisotopic (exact) mass is 336 g/mol. The summed E-state index contributed by atoms with van der Waals surface area (Å²) in [5.41, 5.74) is 4.79. The van der Waals surface area contributed by atoms with Crippen LogP contribution in [0, 0.1) is 0 Å². The summed E-state index contributed by atoms with van der Waals surface area (Å²) in [4.78, 5) is 11.2. The molecule has 3 nitrogen and oxygen atoms in total. The first kappa shape index (κ1) is 17.3. The van der Waals surface area contributed by atoms with Crippen LogP contribution in [0.3, 0.4) is 0 Å². The van der Waals surface area contributed by atoms with Crippen LogP contribution >= 0.6 is 0 Å². The maximum absolute atomic E-state index is 11.2. The number of rotatable bonds is 7. The molecule has 2 aromatic rings. The van der Waals surface area contributed by atoms with Gasteiger partial charge in [0.25, 0.3) is 0 Å². The normalized spacial score (nSPS) is 14.0. The molecule has 0 N–H and O–H groups in total. The molecule has 130 valence electrons. The Morgan fingerprint density at radius 1 is 1.00 bits per heavy atom. The highest BCUT2D eigenvalue weighted by Gasteiger charge is 2.14. The van der Waals surface area contributed by atoms with Gasteiger partial charge in [-0.3, -0.25) is 4.79 Å². The summed E-state index contributed by atoms with van der Waals surface area (Å²) in [6, 6.07) is 16.8. The lowest BCUT2D eigenvalue weighted by atomic mass is 9.96. The summed E-state index contributed by atoms with van der Waals surface area (Å²) in [5.74, 6) is 0.773. The van der Waals surface area contributed by atoms with Gasteiger partial charge in [0.15, 0.2) is 0 Å². The number of carbonyl (C=O) groups is 1. The number of unbranched alkanes of at least 4 members (excludes halogenated alkanes) is 1. The Kier molecular flexibility index (Phi) is 5.89. The van der Waals surface area contributed by atoms with Gasteiger partial charge in [0, 0.05) is 0 Å². The first-order valence-corrected chi connectivity index (χ1v) is 8.86. The highest BCUT2D eigenvalue weighted by Crippen LogP contribution is 2.29. The minimum absolute atomic E-state index is 0.154. The lowest BCUT2D eigenvalue weighted by Crippen LogP contribution is -2.06. The molecule has 3 heteroatoms. The van der Waals surface area contributed by atoms with Crippen molar-refractivity contribution in [1.82, 2.24) is 0 Å². The quantitative estimate of drug-likeness (QED) is 0.531. The minimum atomic E-state index is -0.154. The van der Waals surface area contributed by atoms with Crippen molar-refractivity contribution in [1.29, 1.82) is 0 Å².